The van der Waals surface area contributed by atoms with Crippen LogP contribution in [-0.2, 0) is 20.0 Å². The minimum absolute atomic E-state index is 0.889. The third kappa shape index (κ3) is 2.90. The highest BCUT2D eigenvalue weighted by atomic mass is 15.3. The van der Waals surface area contributed by atoms with Crippen molar-refractivity contribution in [3.8, 4) is 0 Å². The number of hydrogen-bond donors (Lipinski definition) is 1. The zero-order valence-electron chi connectivity index (χ0n) is 9.43. The zero-order chi connectivity index (χ0) is 11.2. The monoisotopic (exact) mass is 216 g/mol. The molecule has 2 aromatic rings. The van der Waals surface area contributed by atoms with E-state index in [0.29, 0.717) is 0 Å². The molecule has 16 heavy (non-hydrogen) atoms. The molecule has 0 saturated heterocycles. The number of hydrogen-bond acceptors (Lipinski definition) is 3. The van der Waals surface area contributed by atoms with Gasteiger partial charge in [-0.2, -0.15) is 5.10 Å². The Kier molecular flexibility index (Phi) is 3.66. The molecule has 0 atom stereocenters. The first-order chi connectivity index (χ1) is 7.86. The molecule has 0 spiro atoms. The Labute approximate surface area is 95.3 Å². The lowest BCUT2D eigenvalue weighted by molar-refractivity contribution is 0.643. The highest BCUT2D eigenvalue weighted by molar-refractivity contribution is 5.09. The van der Waals surface area contributed by atoms with Gasteiger partial charge in [0.1, 0.15) is 0 Å². The molecule has 0 fully saturated rings. The number of nitrogens with zero attached hydrogens (tertiary/aromatic N) is 3. The Bertz CT molecular complexity index is 422. The van der Waals surface area contributed by atoms with Crippen LogP contribution in [0, 0.1) is 0 Å². The summed E-state index contributed by atoms with van der Waals surface area (Å²) < 4.78 is 1.91. The van der Waals surface area contributed by atoms with Gasteiger partial charge in [-0.25, -0.2) is 0 Å². The summed E-state index contributed by atoms with van der Waals surface area (Å²) in [5.41, 5.74) is 2.52. The molecule has 0 aliphatic rings. The van der Waals surface area contributed by atoms with Crippen molar-refractivity contribution in [2.24, 2.45) is 7.05 Å². The number of pyridine rings is 1. The molecule has 0 aliphatic carbocycles. The van der Waals surface area contributed by atoms with E-state index in [-0.39, 0.29) is 0 Å². The van der Waals surface area contributed by atoms with E-state index in [0.717, 1.165) is 19.5 Å². The van der Waals surface area contributed by atoms with Crippen molar-refractivity contribution in [1.82, 2.24) is 20.1 Å². The molecular weight excluding hydrogens is 200 g/mol. The third-order valence-corrected chi connectivity index (χ3v) is 2.56. The summed E-state index contributed by atoms with van der Waals surface area (Å²) in [5.74, 6) is 0. The van der Waals surface area contributed by atoms with Crippen molar-refractivity contribution < 1.29 is 0 Å². The second-order valence-corrected chi connectivity index (χ2v) is 3.73. The molecule has 2 heterocycles. The van der Waals surface area contributed by atoms with Gasteiger partial charge in [-0.3, -0.25) is 9.67 Å². The quantitative estimate of drug-likeness (QED) is 0.762. The minimum Gasteiger partial charge on any atom is -0.312 e. The van der Waals surface area contributed by atoms with E-state index in [1.807, 2.05) is 48.5 Å². The minimum atomic E-state index is 0.889. The van der Waals surface area contributed by atoms with Gasteiger partial charge in [-0.1, -0.05) is 0 Å². The van der Waals surface area contributed by atoms with Gasteiger partial charge in [-0.05, 0) is 23.8 Å². The molecule has 2 rings (SSSR count). The summed E-state index contributed by atoms with van der Waals surface area (Å²) in [5, 5.41) is 7.53. The Morgan fingerprint density at radius 2 is 2.00 bits per heavy atom. The summed E-state index contributed by atoms with van der Waals surface area (Å²) in [6, 6.07) is 6.10. The standard InChI is InChI=1S/C12H16N4/c1-16-12(5-9-15-16)4-8-14-10-11-2-6-13-7-3-11/h2-3,5-7,9,14H,4,8,10H2,1H3. The Morgan fingerprint density at radius 3 is 2.69 bits per heavy atom. The highest BCUT2D eigenvalue weighted by Crippen LogP contribution is 1.98. The van der Waals surface area contributed by atoms with Gasteiger partial charge in [0, 0.05) is 50.8 Å². The Balaban J connectivity index is 1.72. The lowest BCUT2D eigenvalue weighted by Gasteiger charge is -2.04. The molecule has 4 heteroatoms. The van der Waals surface area contributed by atoms with Crippen LogP contribution in [0.4, 0.5) is 0 Å². The maximum Gasteiger partial charge on any atom is 0.0492 e. The number of aryl methyl sites for hydroxylation is 1. The highest BCUT2D eigenvalue weighted by Gasteiger charge is 1.97. The summed E-state index contributed by atoms with van der Waals surface area (Å²) in [4.78, 5) is 3.99. The fourth-order valence-electron chi connectivity index (χ4n) is 1.60. The molecule has 0 saturated carbocycles. The predicted molar refractivity (Wildman–Crippen MR) is 62.9 cm³/mol. The van der Waals surface area contributed by atoms with E-state index in [2.05, 4.69) is 15.4 Å². The molecule has 0 bridgehead atoms. The van der Waals surface area contributed by atoms with Crippen LogP contribution < -0.4 is 5.32 Å². The van der Waals surface area contributed by atoms with Crippen molar-refractivity contribution in [1.29, 1.82) is 0 Å². The second kappa shape index (κ2) is 5.42. The fourth-order valence-corrected chi connectivity index (χ4v) is 1.60. The molecule has 1 N–H and O–H groups in total. The first-order valence-corrected chi connectivity index (χ1v) is 5.43. The third-order valence-electron chi connectivity index (χ3n) is 2.56. The zero-order valence-corrected chi connectivity index (χ0v) is 9.43. The van der Waals surface area contributed by atoms with Gasteiger partial charge in [0.2, 0.25) is 0 Å². The molecule has 0 amide bonds. The van der Waals surface area contributed by atoms with Crippen LogP contribution >= 0.6 is 0 Å². The van der Waals surface area contributed by atoms with Crippen molar-refractivity contribution in [2.45, 2.75) is 13.0 Å². The maximum absolute atomic E-state index is 4.13. The van der Waals surface area contributed by atoms with Crippen LogP contribution in [0.5, 0.6) is 0 Å². The molecule has 84 valence electrons. The predicted octanol–water partition coefficient (Wildman–Crippen LogP) is 1.15. The largest absolute Gasteiger partial charge is 0.312 e. The van der Waals surface area contributed by atoms with E-state index >= 15 is 0 Å². The first-order valence-electron chi connectivity index (χ1n) is 5.43. The Morgan fingerprint density at radius 1 is 1.19 bits per heavy atom. The van der Waals surface area contributed by atoms with E-state index in [9.17, 15) is 0 Å². The molecule has 0 radical (unpaired) electrons. The smallest absolute Gasteiger partial charge is 0.0492 e. The topological polar surface area (TPSA) is 42.7 Å². The lowest BCUT2D eigenvalue weighted by Crippen LogP contribution is -2.17. The van der Waals surface area contributed by atoms with E-state index in [1.54, 1.807) is 0 Å². The Hall–Kier alpha value is -1.68. The van der Waals surface area contributed by atoms with Crippen molar-refractivity contribution in [2.75, 3.05) is 6.54 Å². The summed E-state index contributed by atoms with van der Waals surface area (Å²) in [6.45, 7) is 1.85. The molecule has 0 aliphatic heterocycles. The molecule has 0 aromatic carbocycles. The second-order valence-electron chi connectivity index (χ2n) is 3.73. The molecular formula is C12H16N4. The van der Waals surface area contributed by atoms with Gasteiger partial charge >= 0.3 is 0 Å². The molecule has 4 nitrogen and oxygen atoms in total. The summed E-state index contributed by atoms with van der Waals surface area (Å²) in [7, 11) is 1.97. The lowest BCUT2D eigenvalue weighted by atomic mass is 10.2. The SMILES string of the molecule is Cn1nccc1CCNCc1ccncc1. The average Bonchev–Trinajstić information content (AvgIpc) is 2.72. The maximum atomic E-state index is 4.13. The van der Waals surface area contributed by atoms with Gasteiger partial charge < -0.3 is 5.32 Å². The molecule has 0 unspecified atom stereocenters. The van der Waals surface area contributed by atoms with Crippen molar-refractivity contribution in [3.05, 3.63) is 48.0 Å². The number of rotatable bonds is 5. The first kappa shape index (κ1) is 10.8. The van der Waals surface area contributed by atoms with Crippen LogP contribution in [0.25, 0.3) is 0 Å². The van der Waals surface area contributed by atoms with Crippen molar-refractivity contribution in [3.63, 3.8) is 0 Å². The normalized spacial score (nSPS) is 10.6. The van der Waals surface area contributed by atoms with Crippen LogP contribution in [0.3, 0.4) is 0 Å². The van der Waals surface area contributed by atoms with E-state index in [4.69, 9.17) is 0 Å². The summed E-state index contributed by atoms with van der Waals surface area (Å²) in [6.07, 6.45) is 6.47. The van der Waals surface area contributed by atoms with Crippen LogP contribution in [0.2, 0.25) is 0 Å². The number of nitrogens with one attached hydrogen (secondary N) is 1. The fraction of sp³-hybridized carbons (Fsp3) is 0.333. The average molecular weight is 216 g/mol. The summed E-state index contributed by atoms with van der Waals surface area (Å²) >= 11 is 0. The molecule has 2 aromatic heterocycles. The van der Waals surface area contributed by atoms with Crippen molar-refractivity contribution >= 4 is 0 Å². The van der Waals surface area contributed by atoms with Crippen LogP contribution in [-0.4, -0.2) is 21.3 Å². The van der Waals surface area contributed by atoms with Crippen LogP contribution in [0.1, 0.15) is 11.3 Å². The van der Waals surface area contributed by atoms with Gasteiger partial charge in [0.05, 0.1) is 0 Å². The van der Waals surface area contributed by atoms with Gasteiger partial charge in [-0.15, -0.1) is 0 Å². The number of aromatic nitrogens is 3. The van der Waals surface area contributed by atoms with Crippen LogP contribution in [0.15, 0.2) is 36.8 Å². The van der Waals surface area contributed by atoms with Gasteiger partial charge in [0.25, 0.3) is 0 Å². The van der Waals surface area contributed by atoms with Gasteiger partial charge in [0.15, 0.2) is 0 Å². The van der Waals surface area contributed by atoms with E-state index in [1.165, 1.54) is 11.3 Å². The van der Waals surface area contributed by atoms with E-state index < -0.39 is 0 Å².